The minimum absolute atomic E-state index is 0.0297. The van der Waals surface area contributed by atoms with Gasteiger partial charge in [-0.05, 0) is 46.2 Å². The molecule has 144 valence electrons. The number of hydrogen-bond donors (Lipinski definition) is 1. The normalized spacial score (nSPS) is 10.9. The maximum Gasteiger partial charge on any atom is 0.267 e. The van der Waals surface area contributed by atoms with Crippen LogP contribution in [0.2, 0.25) is 0 Å². The van der Waals surface area contributed by atoms with E-state index in [0.717, 1.165) is 31.9 Å². The topological polar surface area (TPSA) is 89.8 Å². The molecule has 7 nitrogen and oxygen atoms in total. The monoisotopic (exact) mass is 493 g/mol. The summed E-state index contributed by atoms with van der Waals surface area (Å²) in [6.45, 7) is 3.57. The molecule has 0 aliphatic rings. The lowest BCUT2D eigenvalue weighted by Crippen LogP contribution is -2.31. The molecule has 3 rings (SSSR count). The van der Waals surface area contributed by atoms with E-state index >= 15 is 0 Å². The van der Waals surface area contributed by atoms with Crippen LogP contribution in [0.1, 0.15) is 25.5 Å². The predicted octanol–water partition coefficient (Wildman–Crippen LogP) is 3.21. The van der Waals surface area contributed by atoms with E-state index in [1.54, 1.807) is 0 Å². The molecular weight excluding hydrogens is 476 g/mol. The van der Waals surface area contributed by atoms with Crippen LogP contribution in [0.3, 0.4) is 0 Å². The van der Waals surface area contributed by atoms with Crippen molar-refractivity contribution in [3.63, 3.8) is 0 Å². The number of aromatic nitrogens is 4. The zero-order valence-electron chi connectivity index (χ0n) is 15.2. The Morgan fingerprint density at radius 2 is 2.11 bits per heavy atom. The summed E-state index contributed by atoms with van der Waals surface area (Å²) in [7, 11) is 0. The molecule has 0 radical (unpaired) electrons. The van der Waals surface area contributed by atoms with Crippen molar-refractivity contribution in [3.8, 4) is 11.1 Å². The fraction of sp³-hybridized carbons (Fsp3) is 0.211. The van der Waals surface area contributed by atoms with Gasteiger partial charge < -0.3 is 5.32 Å². The first-order valence-electron chi connectivity index (χ1n) is 8.48. The smallest absolute Gasteiger partial charge is 0.267 e. The van der Waals surface area contributed by atoms with Crippen molar-refractivity contribution in [3.05, 3.63) is 68.3 Å². The van der Waals surface area contributed by atoms with Crippen molar-refractivity contribution in [1.29, 1.82) is 0 Å². The van der Waals surface area contributed by atoms with Gasteiger partial charge in [0.05, 0.1) is 11.9 Å². The first-order chi connectivity index (χ1) is 13.3. The highest BCUT2D eigenvalue weighted by Crippen LogP contribution is 2.27. The molecule has 0 unspecified atom stereocenters. The van der Waals surface area contributed by atoms with E-state index in [9.17, 15) is 14.0 Å². The zero-order valence-corrected chi connectivity index (χ0v) is 17.3. The van der Waals surface area contributed by atoms with Crippen LogP contribution in [0.15, 0.2) is 47.7 Å². The summed E-state index contributed by atoms with van der Waals surface area (Å²) in [5.41, 5.74) is 1.90. The van der Waals surface area contributed by atoms with E-state index in [-0.39, 0.29) is 18.3 Å². The SMILES string of the molecule is CC(C)c1nn(CC(=O)Nc2ncncc2F)c(=O)cc1-c1cccc(I)c1. The summed E-state index contributed by atoms with van der Waals surface area (Å²) in [5.74, 6) is -1.58. The summed E-state index contributed by atoms with van der Waals surface area (Å²) in [6.07, 6.45) is 2.07. The molecule has 9 heteroatoms. The Morgan fingerprint density at radius 3 is 2.79 bits per heavy atom. The Kier molecular flexibility index (Phi) is 6.12. The predicted molar refractivity (Wildman–Crippen MR) is 111 cm³/mol. The Labute approximate surface area is 174 Å². The van der Waals surface area contributed by atoms with Crippen LogP contribution in [0, 0.1) is 9.39 Å². The number of rotatable bonds is 5. The molecule has 0 saturated heterocycles. The van der Waals surface area contributed by atoms with Gasteiger partial charge in [-0.1, -0.05) is 26.0 Å². The van der Waals surface area contributed by atoms with Crippen molar-refractivity contribution in [2.24, 2.45) is 0 Å². The standard InChI is InChI=1S/C19H17FIN5O2/c1-11(2)18-14(12-4-3-5-13(21)6-12)7-17(28)26(25-18)9-16(27)24-19-15(20)8-22-10-23-19/h3-8,10-11H,9H2,1-2H3,(H,22,23,24,27). The van der Waals surface area contributed by atoms with Gasteiger partial charge in [0.1, 0.15) is 12.9 Å². The van der Waals surface area contributed by atoms with Crippen molar-refractivity contribution >= 4 is 34.3 Å². The van der Waals surface area contributed by atoms with Crippen LogP contribution in [-0.4, -0.2) is 25.7 Å². The van der Waals surface area contributed by atoms with Gasteiger partial charge in [0.25, 0.3) is 5.56 Å². The molecule has 2 heterocycles. The Bertz CT molecular complexity index is 1080. The summed E-state index contributed by atoms with van der Waals surface area (Å²) in [4.78, 5) is 32.0. The van der Waals surface area contributed by atoms with Crippen LogP contribution in [0.25, 0.3) is 11.1 Å². The number of nitrogens with one attached hydrogen (secondary N) is 1. The maximum absolute atomic E-state index is 13.6. The summed E-state index contributed by atoms with van der Waals surface area (Å²) < 4.78 is 15.7. The lowest BCUT2D eigenvalue weighted by atomic mass is 9.98. The molecule has 28 heavy (non-hydrogen) atoms. The molecule has 0 bridgehead atoms. The number of halogens is 2. The van der Waals surface area contributed by atoms with Crippen LogP contribution < -0.4 is 10.9 Å². The minimum atomic E-state index is -0.756. The second kappa shape index (κ2) is 8.55. The van der Waals surface area contributed by atoms with Crippen LogP contribution in [0.4, 0.5) is 10.2 Å². The third-order valence-electron chi connectivity index (χ3n) is 3.93. The average molecular weight is 493 g/mol. The third kappa shape index (κ3) is 4.58. The fourth-order valence-electron chi connectivity index (χ4n) is 2.64. The Hall–Kier alpha value is -2.69. The second-order valence-corrected chi connectivity index (χ2v) is 7.62. The number of carbonyl (C=O) groups is 1. The van der Waals surface area contributed by atoms with Crippen LogP contribution in [-0.2, 0) is 11.3 Å². The lowest BCUT2D eigenvalue weighted by molar-refractivity contribution is -0.117. The molecule has 1 amide bonds. The number of carbonyl (C=O) groups excluding carboxylic acids is 1. The Balaban J connectivity index is 1.92. The largest absolute Gasteiger partial charge is 0.307 e. The van der Waals surface area contributed by atoms with Crippen LogP contribution in [0.5, 0.6) is 0 Å². The number of anilines is 1. The van der Waals surface area contributed by atoms with Crippen molar-refractivity contribution in [2.45, 2.75) is 26.3 Å². The van der Waals surface area contributed by atoms with Crippen molar-refractivity contribution < 1.29 is 9.18 Å². The highest BCUT2D eigenvalue weighted by atomic mass is 127. The highest BCUT2D eigenvalue weighted by molar-refractivity contribution is 14.1. The van der Waals surface area contributed by atoms with E-state index in [2.05, 4.69) is 43.0 Å². The number of benzene rings is 1. The molecule has 1 aromatic carbocycles. The van der Waals surface area contributed by atoms with Gasteiger partial charge in [-0.3, -0.25) is 9.59 Å². The summed E-state index contributed by atoms with van der Waals surface area (Å²) in [6, 6.07) is 9.24. The van der Waals surface area contributed by atoms with Gasteiger partial charge in [0, 0.05) is 15.2 Å². The zero-order chi connectivity index (χ0) is 20.3. The van der Waals surface area contributed by atoms with E-state index in [1.165, 1.54) is 6.07 Å². The minimum Gasteiger partial charge on any atom is -0.307 e. The summed E-state index contributed by atoms with van der Waals surface area (Å²) in [5, 5.41) is 6.72. The summed E-state index contributed by atoms with van der Waals surface area (Å²) >= 11 is 2.21. The van der Waals surface area contributed by atoms with E-state index in [4.69, 9.17) is 0 Å². The van der Waals surface area contributed by atoms with E-state index < -0.39 is 17.3 Å². The molecule has 0 aliphatic heterocycles. The first-order valence-corrected chi connectivity index (χ1v) is 9.56. The molecule has 0 fully saturated rings. The third-order valence-corrected chi connectivity index (χ3v) is 4.60. The highest BCUT2D eigenvalue weighted by Gasteiger charge is 2.16. The Morgan fingerprint density at radius 1 is 1.32 bits per heavy atom. The maximum atomic E-state index is 13.6. The molecule has 0 saturated carbocycles. The molecule has 0 spiro atoms. The second-order valence-electron chi connectivity index (χ2n) is 6.37. The fourth-order valence-corrected chi connectivity index (χ4v) is 3.19. The van der Waals surface area contributed by atoms with Gasteiger partial charge in [0.15, 0.2) is 11.6 Å². The van der Waals surface area contributed by atoms with Crippen molar-refractivity contribution in [1.82, 2.24) is 19.7 Å². The van der Waals surface area contributed by atoms with Gasteiger partial charge in [-0.2, -0.15) is 5.10 Å². The number of amides is 1. The van der Waals surface area contributed by atoms with Gasteiger partial charge >= 0.3 is 0 Å². The van der Waals surface area contributed by atoms with Crippen molar-refractivity contribution in [2.75, 3.05) is 5.32 Å². The molecule has 0 aliphatic carbocycles. The van der Waals surface area contributed by atoms with Gasteiger partial charge in [-0.15, -0.1) is 0 Å². The van der Waals surface area contributed by atoms with Gasteiger partial charge in [-0.25, -0.2) is 19.0 Å². The molecule has 1 N–H and O–H groups in total. The quantitative estimate of drug-likeness (QED) is 0.552. The molecule has 3 aromatic rings. The first kappa shape index (κ1) is 20.1. The van der Waals surface area contributed by atoms with E-state index in [0.29, 0.717) is 5.69 Å². The molecular formula is C19H17FIN5O2. The number of hydrogen-bond acceptors (Lipinski definition) is 5. The lowest BCUT2D eigenvalue weighted by Gasteiger charge is -2.15. The van der Waals surface area contributed by atoms with E-state index in [1.807, 2.05) is 38.1 Å². The molecule has 0 atom stereocenters. The average Bonchev–Trinajstić information content (AvgIpc) is 2.64. The number of nitrogens with zero attached hydrogens (tertiary/aromatic N) is 4. The van der Waals surface area contributed by atoms with Gasteiger partial charge in [0.2, 0.25) is 5.91 Å². The molecule has 2 aromatic heterocycles. The van der Waals surface area contributed by atoms with Crippen LogP contribution >= 0.6 is 22.6 Å².